The van der Waals surface area contributed by atoms with Crippen molar-refractivity contribution in [1.82, 2.24) is 0 Å². The summed E-state index contributed by atoms with van der Waals surface area (Å²) in [7, 11) is 0. The Balaban J connectivity index is 2.17. The van der Waals surface area contributed by atoms with Crippen molar-refractivity contribution in [2.45, 2.75) is 5.92 Å². The average molecular weight is 287 g/mol. The molecule has 0 aliphatic heterocycles. The van der Waals surface area contributed by atoms with Gasteiger partial charge in [-0.3, -0.25) is 14.9 Å². The summed E-state index contributed by atoms with van der Waals surface area (Å²) in [5.74, 6) is -1.87. The highest BCUT2D eigenvalue weighted by Gasteiger charge is 2.22. The summed E-state index contributed by atoms with van der Waals surface area (Å²) < 4.78 is 5.35. The molecule has 1 unspecified atom stereocenters. The van der Waals surface area contributed by atoms with Crippen LogP contribution in [0.1, 0.15) is 11.5 Å². The predicted molar refractivity (Wildman–Crippen MR) is 75.4 cm³/mol. The number of carboxylic acids is 1. The van der Waals surface area contributed by atoms with Crippen LogP contribution in [0.3, 0.4) is 0 Å². The highest BCUT2D eigenvalue weighted by atomic mass is 16.6. The molecule has 0 saturated carbocycles. The van der Waals surface area contributed by atoms with E-state index in [1.54, 1.807) is 36.4 Å². The highest BCUT2D eigenvalue weighted by molar-refractivity contribution is 5.76. The number of carboxylic acid groups (broad SMARTS) is 1. The molecule has 0 radical (unpaired) electrons. The molecule has 2 aromatic carbocycles. The zero-order valence-corrected chi connectivity index (χ0v) is 11.0. The van der Waals surface area contributed by atoms with Crippen LogP contribution < -0.4 is 4.74 Å². The van der Waals surface area contributed by atoms with Crippen LogP contribution in [0, 0.1) is 10.1 Å². The molecular formula is C15H13NO5. The van der Waals surface area contributed by atoms with Gasteiger partial charge < -0.3 is 9.84 Å². The lowest BCUT2D eigenvalue weighted by atomic mass is 10.0. The van der Waals surface area contributed by atoms with Crippen LogP contribution in [0.25, 0.3) is 0 Å². The number of rotatable bonds is 6. The molecule has 0 aliphatic rings. The molecule has 1 N–H and O–H groups in total. The lowest BCUT2D eigenvalue weighted by Gasteiger charge is -2.14. The van der Waals surface area contributed by atoms with Crippen molar-refractivity contribution in [3.05, 3.63) is 70.3 Å². The van der Waals surface area contributed by atoms with Crippen LogP contribution in [0.5, 0.6) is 5.75 Å². The quantitative estimate of drug-likeness (QED) is 0.651. The largest absolute Gasteiger partial charge is 0.486 e. The van der Waals surface area contributed by atoms with Gasteiger partial charge in [-0.05, 0) is 11.6 Å². The second kappa shape index (κ2) is 6.51. The monoisotopic (exact) mass is 287 g/mol. The number of ether oxygens (including phenoxy) is 1. The molecule has 108 valence electrons. The Morgan fingerprint density at radius 3 is 2.38 bits per heavy atom. The van der Waals surface area contributed by atoms with Gasteiger partial charge in [-0.15, -0.1) is 0 Å². The van der Waals surface area contributed by atoms with Crippen molar-refractivity contribution < 1.29 is 19.6 Å². The summed E-state index contributed by atoms with van der Waals surface area (Å²) in [5.41, 5.74) is 0.401. The van der Waals surface area contributed by atoms with E-state index in [0.29, 0.717) is 5.56 Å². The first-order valence-electron chi connectivity index (χ1n) is 6.23. The first kappa shape index (κ1) is 14.5. The van der Waals surface area contributed by atoms with Crippen molar-refractivity contribution in [2.24, 2.45) is 0 Å². The molecule has 0 fully saturated rings. The molecule has 6 heteroatoms. The van der Waals surface area contributed by atoms with E-state index in [1.807, 2.05) is 0 Å². The molecule has 0 aromatic heterocycles. The van der Waals surface area contributed by atoms with Gasteiger partial charge in [-0.25, -0.2) is 0 Å². The number of aliphatic carboxylic acids is 1. The molecule has 2 rings (SSSR count). The van der Waals surface area contributed by atoms with E-state index >= 15 is 0 Å². The fourth-order valence-corrected chi connectivity index (χ4v) is 1.90. The normalized spacial score (nSPS) is 11.6. The molecule has 1 atom stereocenters. The molecule has 21 heavy (non-hydrogen) atoms. The van der Waals surface area contributed by atoms with Crippen LogP contribution in [-0.2, 0) is 4.79 Å². The van der Waals surface area contributed by atoms with E-state index in [-0.39, 0.29) is 18.0 Å². The summed E-state index contributed by atoms with van der Waals surface area (Å²) >= 11 is 0. The zero-order valence-electron chi connectivity index (χ0n) is 11.0. The highest BCUT2D eigenvalue weighted by Crippen LogP contribution is 2.27. The fraction of sp³-hybridized carbons (Fsp3) is 0.133. The van der Waals surface area contributed by atoms with Gasteiger partial charge in [0.05, 0.1) is 4.92 Å². The maximum Gasteiger partial charge on any atom is 0.314 e. The van der Waals surface area contributed by atoms with Gasteiger partial charge >= 0.3 is 11.7 Å². The number of hydrogen-bond acceptors (Lipinski definition) is 4. The molecule has 0 heterocycles. The Kier molecular flexibility index (Phi) is 4.50. The maximum absolute atomic E-state index is 11.3. The summed E-state index contributed by atoms with van der Waals surface area (Å²) in [6.07, 6.45) is 0. The molecule has 0 spiro atoms. The standard InChI is InChI=1S/C15H13NO5/c17-15(18)12(11-6-2-1-3-7-11)10-21-14-9-5-4-8-13(14)16(19)20/h1-9,12H,10H2,(H,17,18). The smallest absolute Gasteiger partial charge is 0.314 e. The minimum absolute atomic E-state index is 0.0599. The lowest BCUT2D eigenvalue weighted by molar-refractivity contribution is -0.385. The third-order valence-electron chi connectivity index (χ3n) is 2.97. The van der Waals surface area contributed by atoms with E-state index in [2.05, 4.69) is 0 Å². The van der Waals surface area contributed by atoms with Gasteiger partial charge in [0.2, 0.25) is 0 Å². The number of hydrogen-bond donors (Lipinski definition) is 1. The van der Waals surface area contributed by atoms with E-state index in [4.69, 9.17) is 4.74 Å². The Labute approximate surface area is 120 Å². The molecule has 2 aromatic rings. The number of para-hydroxylation sites is 2. The molecular weight excluding hydrogens is 274 g/mol. The SMILES string of the molecule is O=C(O)C(COc1ccccc1[N+](=O)[O-])c1ccccc1. The first-order valence-corrected chi connectivity index (χ1v) is 6.23. The minimum Gasteiger partial charge on any atom is -0.486 e. The first-order chi connectivity index (χ1) is 10.1. The third kappa shape index (κ3) is 3.56. The second-order valence-electron chi connectivity index (χ2n) is 4.34. The van der Waals surface area contributed by atoms with Crippen LogP contribution >= 0.6 is 0 Å². The van der Waals surface area contributed by atoms with Gasteiger partial charge in [-0.1, -0.05) is 42.5 Å². The van der Waals surface area contributed by atoms with Crippen LogP contribution in [0.15, 0.2) is 54.6 Å². The summed E-state index contributed by atoms with van der Waals surface area (Å²) in [5, 5.41) is 20.1. The van der Waals surface area contributed by atoms with Gasteiger partial charge in [0, 0.05) is 6.07 Å². The summed E-state index contributed by atoms with van der Waals surface area (Å²) in [4.78, 5) is 21.6. The van der Waals surface area contributed by atoms with E-state index in [1.165, 1.54) is 18.2 Å². The van der Waals surface area contributed by atoms with E-state index < -0.39 is 16.8 Å². The van der Waals surface area contributed by atoms with Crippen molar-refractivity contribution in [2.75, 3.05) is 6.61 Å². The number of nitro groups is 1. The Hall–Kier alpha value is -2.89. The molecule has 0 bridgehead atoms. The molecule has 0 aliphatic carbocycles. The van der Waals surface area contributed by atoms with Crippen LogP contribution in [0.2, 0.25) is 0 Å². The Morgan fingerprint density at radius 2 is 1.76 bits per heavy atom. The summed E-state index contributed by atoms with van der Waals surface area (Å²) in [6.45, 7) is -0.176. The van der Waals surface area contributed by atoms with E-state index in [9.17, 15) is 20.0 Å². The van der Waals surface area contributed by atoms with Gasteiger partial charge in [-0.2, -0.15) is 0 Å². The summed E-state index contributed by atoms with van der Waals surface area (Å²) in [6, 6.07) is 14.5. The topological polar surface area (TPSA) is 89.7 Å². The molecule has 6 nitrogen and oxygen atoms in total. The number of carbonyl (C=O) groups is 1. The average Bonchev–Trinajstić information content (AvgIpc) is 2.48. The third-order valence-corrected chi connectivity index (χ3v) is 2.97. The zero-order chi connectivity index (χ0) is 15.2. The van der Waals surface area contributed by atoms with E-state index in [0.717, 1.165) is 0 Å². The van der Waals surface area contributed by atoms with Crippen molar-refractivity contribution >= 4 is 11.7 Å². The molecule has 0 saturated heterocycles. The van der Waals surface area contributed by atoms with Gasteiger partial charge in [0.25, 0.3) is 0 Å². The Morgan fingerprint density at radius 1 is 1.14 bits per heavy atom. The van der Waals surface area contributed by atoms with Crippen molar-refractivity contribution in [3.63, 3.8) is 0 Å². The van der Waals surface area contributed by atoms with Crippen LogP contribution in [0.4, 0.5) is 5.69 Å². The Bertz CT molecular complexity index is 642. The minimum atomic E-state index is -1.04. The maximum atomic E-state index is 11.3. The predicted octanol–water partition coefficient (Wildman–Crippen LogP) is 2.84. The van der Waals surface area contributed by atoms with Crippen molar-refractivity contribution in [3.8, 4) is 5.75 Å². The van der Waals surface area contributed by atoms with Crippen molar-refractivity contribution in [1.29, 1.82) is 0 Å². The second-order valence-corrected chi connectivity index (χ2v) is 4.34. The number of benzene rings is 2. The number of nitrogens with zero attached hydrogens (tertiary/aromatic N) is 1. The number of nitro benzene ring substituents is 1. The lowest BCUT2D eigenvalue weighted by Crippen LogP contribution is -2.19. The van der Waals surface area contributed by atoms with Crippen LogP contribution in [-0.4, -0.2) is 22.6 Å². The molecule has 0 amide bonds. The van der Waals surface area contributed by atoms with Gasteiger partial charge in [0.1, 0.15) is 12.5 Å². The fourth-order valence-electron chi connectivity index (χ4n) is 1.90. The van der Waals surface area contributed by atoms with Gasteiger partial charge in [0.15, 0.2) is 5.75 Å².